The number of hydrogen-bond donors (Lipinski definition) is 2. The second-order valence-corrected chi connectivity index (χ2v) is 6.98. The number of fused-ring (bicyclic) bond motifs is 1. The molecule has 0 saturated heterocycles. The zero-order chi connectivity index (χ0) is 19.8. The van der Waals surface area contributed by atoms with Gasteiger partial charge in [-0.15, -0.1) is 0 Å². The summed E-state index contributed by atoms with van der Waals surface area (Å²) >= 11 is 0. The molecule has 2 aromatic rings. The molecule has 0 saturated carbocycles. The fraction of sp³-hybridized carbons (Fsp3) is 0.409. The van der Waals surface area contributed by atoms with Crippen LogP contribution in [0.25, 0.3) is 0 Å². The molecular formula is C22H28FN3O2. The van der Waals surface area contributed by atoms with Crippen molar-refractivity contribution in [3.63, 3.8) is 0 Å². The van der Waals surface area contributed by atoms with Crippen LogP contribution >= 0.6 is 0 Å². The van der Waals surface area contributed by atoms with Crippen molar-refractivity contribution >= 4 is 5.96 Å². The molecular weight excluding hydrogens is 357 g/mol. The number of hydrogen-bond acceptors (Lipinski definition) is 3. The molecule has 1 aliphatic rings. The number of nitrogens with zero attached hydrogens (tertiary/aromatic N) is 1. The van der Waals surface area contributed by atoms with Crippen molar-refractivity contribution in [1.82, 2.24) is 10.6 Å². The molecule has 0 amide bonds. The van der Waals surface area contributed by atoms with Crippen LogP contribution in [0.3, 0.4) is 0 Å². The monoisotopic (exact) mass is 385 g/mol. The average Bonchev–Trinajstić information content (AvgIpc) is 2.72. The number of nitrogens with one attached hydrogen (secondary N) is 2. The molecule has 2 aromatic carbocycles. The van der Waals surface area contributed by atoms with Gasteiger partial charge in [0.1, 0.15) is 11.6 Å². The zero-order valence-electron chi connectivity index (χ0n) is 16.5. The van der Waals surface area contributed by atoms with Crippen molar-refractivity contribution < 1.29 is 13.9 Å². The maximum atomic E-state index is 13.8. The summed E-state index contributed by atoms with van der Waals surface area (Å²) in [4.78, 5) is 4.29. The van der Waals surface area contributed by atoms with Crippen LogP contribution in [0.2, 0.25) is 0 Å². The quantitative estimate of drug-likeness (QED) is 0.566. The molecule has 1 aliphatic heterocycles. The minimum Gasteiger partial charge on any atom is -0.467 e. The average molecular weight is 385 g/mol. The third-order valence-corrected chi connectivity index (χ3v) is 4.75. The third-order valence-electron chi connectivity index (χ3n) is 4.75. The van der Waals surface area contributed by atoms with Crippen molar-refractivity contribution in [2.75, 3.05) is 20.4 Å². The lowest BCUT2D eigenvalue weighted by Gasteiger charge is -2.21. The minimum atomic E-state index is -0.264. The van der Waals surface area contributed by atoms with Crippen LogP contribution in [0.15, 0.2) is 47.5 Å². The van der Waals surface area contributed by atoms with E-state index in [1.54, 1.807) is 7.05 Å². The lowest BCUT2D eigenvalue weighted by atomic mass is 10.1. The van der Waals surface area contributed by atoms with E-state index in [9.17, 15) is 4.39 Å². The van der Waals surface area contributed by atoms with Gasteiger partial charge in [-0.2, -0.15) is 0 Å². The van der Waals surface area contributed by atoms with Crippen molar-refractivity contribution in [3.8, 4) is 5.75 Å². The highest BCUT2D eigenvalue weighted by molar-refractivity contribution is 5.79. The molecule has 0 spiro atoms. The molecule has 0 fully saturated rings. The highest BCUT2D eigenvalue weighted by atomic mass is 19.1. The van der Waals surface area contributed by atoms with E-state index < -0.39 is 0 Å². The number of aryl methyl sites for hydroxylation is 1. The van der Waals surface area contributed by atoms with Crippen LogP contribution < -0.4 is 15.4 Å². The number of halogens is 1. The van der Waals surface area contributed by atoms with Crippen molar-refractivity contribution in [2.24, 2.45) is 4.99 Å². The SMILES string of the molecule is CN=C(NCCc1cc(F)cc2c1OCOC2)NC(C)CCc1ccccc1. The number of ether oxygens (including phenoxy) is 2. The van der Waals surface area contributed by atoms with Crippen LogP contribution in [-0.2, 0) is 24.2 Å². The van der Waals surface area contributed by atoms with E-state index in [4.69, 9.17) is 9.47 Å². The molecule has 150 valence electrons. The topological polar surface area (TPSA) is 54.9 Å². The summed E-state index contributed by atoms with van der Waals surface area (Å²) in [7, 11) is 1.75. The Morgan fingerprint density at radius 1 is 1.21 bits per heavy atom. The van der Waals surface area contributed by atoms with E-state index in [0.717, 1.165) is 35.7 Å². The van der Waals surface area contributed by atoms with Gasteiger partial charge in [-0.3, -0.25) is 4.99 Å². The first-order chi connectivity index (χ1) is 13.7. The summed E-state index contributed by atoms with van der Waals surface area (Å²) in [5.41, 5.74) is 2.94. The standard InChI is InChI=1S/C22H28FN3O2/c1-16(8-9-17-6-4-3-5-7-17)26-22(24-2)25-11-10-18-12-20(23)13-19-14-27-15-28-21(18)19/h3-7,12-13,16H,8-11,14-15H2,1-2H3,(H2,24,25,26). The van der Waals surface area contributed by atoms with E-state index in [0.29, 0.717) is 19.6 Å². The lowest BCUT2D eigenvalue weighted by molar-refractivity contribution is -0.0172. The van der Waals surface area contributed by atoms with Gasteiger partial charge in [0.25, 0.3) is 0 Å². The van der Waals surface area contributed by atoms with Gasteiger partial charge in [0, 0.05) is 25.2 Å². The second kappa shape index (κ2) is 10.1. The summed E-state index contributed by atoms with van der Waals surface area (Å²) in [5.74, 6) is 1.23. The smallest absolute Gasteiger partial charge is 0.191 e. The van der Waals surface area contributed by atoms with E-state index in [1.165, 1.54) is 17.7 Å². The molecule has 0 radical (unpaired) electrons. The van der Waals surface area contributed by atoms with E-state index in [-0.39, 0.29) is 18.7 Å². The molecule has 1 unspecified atom stereocenters. The van der Waals surface area contributed by atoms with Crippen molar-refractivity contribution in [1.29, 1.82) is 0 Å². The van der Waals surface area contributed by atoms with Gasteiger partial charge in [0.2, 0.25) is 0 Å². The number of guanidine groups is 1. The van der Waals surface area contributed by atoms with Crippen LogP contribution in [-0.4, -0.2) is 32.4 Å². The van der Waals surface area contributed by atoms with Crippen molar-refractivity contribution in [2.45, 2.75) is 38.8 Å². The molecule has 6 heteroatoms. The maximum Gasteiger partial charge on any atom is 0.191 e. The minimum absolute atomic E-state index is 0.210. The van der Waals surface area contributed by atoms with Crippen LogP contribution in [0, 0.1) is 5.82 Å². The van der Waals surface area contributed by atoms with Gasteiger partial charge in [0.05, 0.1) is 6.61 Å². The van der Waals surface area contributed by atoms with Gasteiger partial charge >= 0.3 is 0 Å². The summed E-state index contributed by atoms with van der Waals surface area (Å²) in [6, 6.07) is 13.7. The normalized spacial score (nSPS) is 14.8. The van der Waals surface area contributed by atoms with Gasteiger partial charge in [-0.25, -0.2) is 4.39 Å². The summed E-state index contributed by atoms with van der Waals surface area (Å²) < 4.78 is 24.6. The Balaban J connectivity index is 1.47. The fourth-order valence-electron chi connectivity index (χ4n) is 3.29. The first-order valence-corrected chi connectivity index (χ1v) is 9.68. The molecule has 0 aliphatic carbocycles. The van der Waals surface area contributed by atoms with Gasteiger partial charge in [-0.1, -0.05) is 30.3 Å². The second-order valence-electron chi connectivity index (χ2n) is 6.98. The molecule has 28 heavy (non-hydrogen) atoms. The Bertz CT molecular complexity index is 796. The molecule has 0 aromatic heterocycles. The highest BCUT2D eigenvalue weighted by Crippen LogP contribution is 2.29. The molecule has 5 nitrogen and oxygen atoms in total. The molecule has 2 N–H and O–H groups in total. The van der Waals surface area contributed by atoms with Gasteiger partial charge < -0.3 is 20.1 Å². The van der Waals surface area contributed by atoms with E-state index >= 15 is 0 Å². The largest absolute Gasteiger partial charge is 0.467 e. The fourth-order valence-corrected chi connectivity index (χ4v) is 3.29. The van der Waals surface area contributed by atoms with Crippen LogP contribution in [0.1, 0.15) is 30.0 Å². The Morgan fingerprint density at radius 3 is 2.82 bits per heavy atom. The number of rotatable bonds is 7. The van der Waals surface area contributed by atoms with Crippen molar-refractivity contribution in [3.05, 3.63) is 65.0 Å². The Kier molecular flexibility index (Phi) is 7.25. The third kappa shape index (κ3) is 5.70. The summed E-state index contributed by atoms with van der Waals surface area (Å²) in [5, 5.41) is 6.71. The summed E-state index contributed by atoms with van der Waals surface area (Å²) in [6.45, 7) is 3.37. The summed E-state index contributed by atoms with van der Waals surface area (Å²) in [6.07, 6.45) is 2.66. The van der Waals surface area contributed by atoms with Crippen LogP contribution in [0.5, 0.6) is 5.75 Å². The number of aliphatic imine (C=N–C) groups is 1. The molecule has 1 atom stereocenters. The maximum absolute atomic E-state index is 13.8. The highest BCUT2D eigenvalue weighted by Gasteiger charge is 2.17. The predicted octanol–water partition coefficient (Wildman–Crippen LogP) is 3.42. The number of benzene rings is 2. The first kappa shape index (κ1) is 20.1. The lowest BCUT2D eigenvalue weighted by Crippen LogP contribution is -2.43. The molecule has 1 heterocycles. The Labute approximate surface area is 166 Å². The Hall–Kier alpha value is -2.60. The van der Waals surface area contributed by atoms with E-state index in [2.05, 4.69) is 46.8 Å². The van der Waals surface area contributed by atoms with Gasteiger partial charge in [0.15, 0.2) is 12.8 Å². The zero-order valence-corrected chi connectivity index (χ0v) is 16.5. The Morgan fingerprint density at radius 2 is 2.04 bits per heavy atom. The predicted molar refractivity (Wildman–Crippen MR) is 109 cm³/mol. The van der Waals surface area contributed by atoms with E-state index in [1.807, 2.05) is 6.07 Å². The van der Waals surface area contributed by atoms with Crippen LogP contribution in [0.4, 0.5) is 4.39 Å². The molecule has 0 bridgehead atoms. The first-order valence-electron chi connectivity index (χ1n) is 9.68. The van der Waals surface area contributed by atoms with Gasteiger partial charge in [-0.05, 0) is 49.4 Å². The molecule has 3 rings (SSSR count).